The number of H-pyrrole nitrogens is 1. The number of aromatic nitrogens is 3. The second-order valence-electron chi connectivity index (χ2n) is 6.83. The zero-order valence-electron chi connectivity index (χ0n) is 18.9. The lowest BCUT2D eigenvalue weighted by atomic mass is 9.90. The van der Waals surface area contributed by atoms with E-state index >= 15 is 0 Å². The maximum atomic E-state index is 8.15. The monoisotopic (exact) mass is 353 g/mol. The normalized spacial score (nSPS) is 19.1. The van der Waals surface area contributed by atoms with Gasteiger partial charge in [-0.05, 0) is 68.9 Å². The molecule has 0 fully saturated rings. The Hall–Kier alpha value is -2.24. The summed E-state index contributed by atoms with van der Waals surface area (Å²) in [5.41, 5.74) is 8.78. The summed E-state index contributed by atoms with van der Waals surface area (Å²) in [4.78, 5) is 14.7. The molecule has 0 spiro atoms. The third-order valence-electron chi connectivity index (χ3n) is 5.04. The van der Waals surface area contributed by atoms with Crippen LogP contribution in [0.25, 0.3) is 11.0 Å². The van der Waals surface area contributed by atoms with Gasteiger partial charge in [0.15, 0.2) is 0 Å². The number of para-hydroxylation sites is 2. The molecule has 1 atom stereocenters. The predicted octanol–water partition coefficient (Wildman–Crippen LogP) is 3.58. The molecule has 0 bridgehead atoms. The number of fused-ring (bicyclic) bond motifs is 2. The van der Waals surface area contributed by atoms with Gasteiger partial charge in [-0.1, -0.05) is 18.2 Å². The van der Waals surface area contributed by atoms with Crippen molar-refractivity contribution in [3.8, 4) is 0 Å². The number of nitrogens with two attached hydrogens (primary N) is 1. The second-order valence-corrected chi connectivity index (χ2v) is 6.83. The molecular formula is C21H27N5. The molecule has 2 aromatic heterocycles. The number of unbranched alkanes of at least 4 members (excludes halogenated alkanes) is 1. The van der Waals surface area contributed by atoms with Crippen molar-refractivity contribution in [2.75, 3.05) is 13.1 Å². The van der Waals surface area contributed by atoms with Crippen LogP contribution in [0.4, 0.5) is 0 Å². The molecule has 5 heteroatoms. The van der Waals surface area contributed by atoms with Gasteiger partial charge in [-0.15, -0.1) is 0 Å². The van der Waals surface area contributed by atoms with Crippen molar-refractivity contribution in [3.63, 3.8) is 0 Å². The highest BCUT2D eigenvalue weighted by atomic mass is 15.2. The molecule has 3 aromatic rings. The minimum absolute atomic E-state index is 0.0795. The topological polar surface area (TPSA) is 70.8 Å². The van der Waals surface area contributed by atoms with E-state index in [1.807, 2.05) is 12.3 Å². The van der Waals surface area contributed by atoms with Gasteiger partial charge in [0.1, 0.15) is 5.82 Å². The summed E-state index contributed by atoms with van der Waals surface area (Å²) in [6, 6.07) is 3.64. The molecule has 0 amide bonds. The Morgan fingerprint density at radius 3 is 3.15 bits per heavy atom. The van der Waals surface area contributed by atoms with Crippen LogP contribution in [-0.2, 0) is 13.0 Å². The van der Waals surface area contributed by atoms with Gasteiger partial charge in [0.25, 0.3) is 0 Å². The van der Waals surface area contributed by atoms with E-state index in [0.29, 0.717) is 29.9 Å². The molecule has 4 rings (SSSR count). The van der Waals surface area contributed by atoms with Crippen LogP contribution in [0.2, 0.25) is 0 Å². The molecule has 1 aliphatic carbocycles. The molecule has 26 heavy (non-hydrogen) atoms. The van der Waals surface area contributed by atoms with Crippen LogP contribution in [0.5, 0.6) is 0 Å². The smallest absolute Gasteiger partial charge is 0.121 e. The van der Waals surface area contributed by atoms with Crippen molar-refractivity contribution in [1.29, 1.82) is 0 Å². The van der Waals surface area contributed by atoms with Crippen molar-refractivity contribution >= 4 is 11.0 Å². The second kappa shape index (κ2) is 7.98. The van der Waals surface area contributed by atoms with Crippen LogP contribution in [0, 0.1) is 0 Å². The Labute approximate surface area is 160 Å². The number of aromatic amines is 1. The summed E-state index contributed by atoms with van der Waals surface area (Å²) < 4.78 is 32.1. The van der Waals surface area contributed by atoms with Crippen molar-refractivity contribution in [3.05, 3.63) is 59.6 Å². The van der Waals surface area contributed by atoms with Gasteiger partial charge in [0.05, 0.1) is 34.8 Å². The number of aryl methyl sites for hydroxylation is 1. The minimum atomic E-state index is -0.254. The van der Waals surface area contributed by atoms with E-state index in [9.17, 15) is 0 Å². The van der Waals surface area contributed by atoms with Crippen LogP contribution in [-0.4, -0.2) is 32.9 Å². The predicted molar refractivity (Wildman–Crippen MR) is 105 cm³/mol. The van der Waals surface area contributed by atoms with Gasteiger partial charge in [0.2, 0.25) is 0 Å². The van der Waals surface area contributed by atoms with Crippen molar-refractivity contribution in [1.82, 2.24) is 19.9 Å². The maximum Gasteiger partial charge on any atom is 0.121 e. The van der Waals surface area contributed by atoms with Gasteiger partial charge in [-0.25, -0.2) is 4.98 Å². The quantitative estimate of drug-likeness (QED) is 0.637. The average Bonchev–Trinajstić information content (AvgIpc) is 3.19. The highest BCUT2D eigenvalue weighted by Crippen LogP contribution is 2.33. The van der Waals surface area contributed by atoms with E-state index in [-0.39, 0.29) is 30.2 Å². The zero-order valence-corrected chi connectivity index (χ0v) is 14.9. The molecule has 0 saturated carbocycles. The lowest BCUT2D eigenvalue weighted by Crippen LogP contribution is -2.33. The average molecular weight is 354 g/mol. The van der Waals surface area contributed by atoms with Crippen molar-refractivity contribution < 1.29 is 5.48 Å². The first-order valence-corrected chi connectivity index (χ1v) is 9.34. The van der Waals surface area contributed by atoms with E-state index in [1.165, 1.54) is 5.56 Å². The summed E-state index contributed by atoms with van der Waals surface area (Å²) in [6.07, 6.45) is 6.93. The Kier molecular flexibility index (Phi) is 3.99. The van der Waals surface area contributed by atoms with E-state index < -0.39 is 0 Å². The van der Waals surface area contributed by atoms with E-state index in [0.717, 1.165) is 44.3 Å². The number of pyridine rings is 1. The molecule has 136 valence electrons. The first-order chi connectivity index (χ1) is 14.5. The molecule has 1 aliphatic rings. The Balaban J connectivity index is 1.68. The van der Waals surface area contributed by atoms with Crippen LogP contribution in [0.1, 0.15) is 54.3 Å². The zero-order chi connectivity index (χ0) is 21.3. The molecule has 2 heterocycles. The largest absolute Gasteiger partial charge is 0.341 e. The minimum Gasteiger partial charge on any atom is -0.341 e. The first kappa shape index (κ1) is 13.0. The van der Waals surface area contributed by atoms with Gasteiger partial charge < -0.3 is 10.7 Å². The Morgan fingerprint density at radius 1 is 1.31 bits per heavy atom. The summed E-state index contributed by atoms with van der Waals surface area (Å²) in [7, 11) is 0. The Morgan fingerprint density at radius 2 is 2.23 bits per heavy atom. The fraction of sp³-hybridized carbons (Fsp3) is 0.429. The number of imidazole rings is 1. The van der Waals surface area contributed by atoms with E-state index in [1.54, 1.807) is 0 Å². The lowest BCUT2D eigenvalue weighted by Gasteiger charge is -2.34. The maximum absolute atomic E-state index is 8.15. The highest BCUT2D eigenvalue weighted by molar-refractivity contribution is 5.74. The molecular weight excluding hydrogens is 322 g/mol. The number of hydrogen-bond donors (Lipinski definition) is 2. The molecule has 0 saturated heterocycles. The molecule has 0 radical (unpaired) electrons. The first-order valence-electron chi connectivity index (χ1n) is 11.3. The van der Waals surface area contributed by atoms with Crippen molar-refractivity contribution in [2.45, 2.75) is 44.7 Å². The van der Waals surface area contributed by atoms with Gasteiger partial charge >= 0.3 is 0 Å². The number of hydrogen-bond acceptors (Lipinski definition) is 4. The Bertz CT molecular complexity index is 1010. The highest BCUT2D eigenvalue weighted by Gasteiger charge is 2.27. The molecule has 1 aromatic carbocycles. The molecule has 0 unspecified atom stereocenters. The van der Waals surface area contributed by atoms with Crippen molar-refractivity contribution in [2.24, 2.45) is 5.73 Å². The van der Waals surface area contributed by atoms with Gasteiger partial charge in [-0.3, -0.25) is 9.88 Å². The SMILES string of the molecule is [2H]c1c([2H])c([2H])c2[nH]c(CN(CCCCN)[C@H]3CCCc4cccnc43)nc2c1[2H]. The van der Waals surface area contributed by atoms with Gasteiger partial charge in [0, 0.05) is 6.20 Å². The van der Waals surface area contributed by atoms with E-state index in [2.05, 4.69) is 25.9 Å². The number of benzene rings is 1. The van der Waals surface area contributed by atoms with Gasteiger partial charge in [-0.2, -0.15) is 0 Å². The fourth-order valence-electron chi connectivity index (χ4n) is 3.80. The standard InChI is InChI=1S/C21H27N5/c22-12-3-4-14-26(15-20-24-17-9-1-2-10-18(17)25-20)19-11-5-7-16-8-6-13-23-21(16)19/h1-2,6,8-10,13,19H,3-5,7,11-12,14-15,22H2,(H,24,25)/t19-/m0/s1/i1D,2D,9D,10D. The van der Waals surface area contributed by atoms with E-state index in [4.69, 9.17) is 11.2 Å². The summed E-state index contributed by atoms with van der Waals surface area (Å²) in [5, 5.41) is 0. The molecule has 3 N–H and O–H groups in total. The molecule has 0 aliphatic heterocycles. The summed E-state index contributed by atoms with van der Waals surface area (Å²) in [6.45, 7) is 2.03. The number of rotatable bonds is 7. The lowest BCUT2D eigenvalue weighted by molar-refractivity contribution is 0.159. The van der Waals surface area contributed by atoms with Crippen LogP contribution >= 0.6 is 0 Å². The summed E-state index contributed by atoms with van der Waals surface area (Å²) >= 11 is 0. The third-order valence-corrected chi connectivity index (χ3v) is 5.04. The number of nitrogens with one attached hydrogen (secondary N) is 1. The molecule has 5 nitrogen and oxygen atoms in total. The van der Waals surface area contributed by atoms with Crippen LogP contribution in [0.15, 0.2) is 42.5 Å². The summed E-state index contributed by atoms with van der Waals surface area (Å²) in [5.74, 6) is 0.646. The van der Waals surface area contributed by atoms with Crippen LogP contribution < -0.4 is 5.73 Å². The number of nitrogens with zero attached hydrogens (tertiary/aromatic N) is 3. The fourth-order valence-corrected chi connectivity index (χ4v) is 3.80. The van der Waals surface area contributed by atoms with Crippen LogP contribution in [0.3, 0.4) is 0 Å². The third kappa shape index (κ3) is 3.64.